The highest BCUT2D eigenvalue weighted by molar-refractivity contribution is 8.56. The Morgan fingerprint density at radius 1 is 1.30 bits per heavy atom. The summed E-state index contributed by atoms with van der Waals surface area (Å²) in [5.41, 5.74) is 0.899. The van der Waals surface area contributed by atoms with Gasteiger partial charge in [-0.15, -0.1) is 0 Å². The van der Waals surface area contributed by atoms with E-state index in [1.54, 1.807) is 7.05 Å². The number of nitrogens with one attached hydrogen (secondary N) is 1. The number of para-hydroxylation sites is 1. The van der Waals surface area contributed by atoms with Gasteiger partial charge in [-0.25, -0.2) is 10.1 Å². The molecule has 1 N–H and O–H groups in total. The van der Waals surface area contributed by atoms with Crippen molar-refractivity contribution >= 4 is 30.1 Å². The summed E-state index contributed by atoms with van der Waals surface area (Å²) in [6, 6.07) is 10.2. The Balaban J connectivity index is 2.23. The minimum atomic E-state index is -2.68. The first-order valence-corrected chi connectivity index (χ1v) is 11.8. The van der Waals surface area contributed by atoms with Gasteiger partial charge >= 0.3 is 0 Å². The lowest BCUT2D eigenvalue weighted by molar-refractivity contribution is 0.330. The molecular formula is C17H28N3OPS. The molecule has 1 unspecified atom stereocenters. The molecule has 0 bridgehead atoms. The van der Waals surface area contributed by atoms with Crippen LogP contribution in [0.2, 0.25) is 0 Å². The fourth-order valence-corrected chi connectivity index (χ4v) is 7.20. The molecule has 0 spiro atoms. The summed E-state index contributed by atoms with van der Waals surface area (Å²) in [6.45, 7) is -0.561. The highest BCUT2D eigenvalue weighted by atomic mass is 32.7. The lowest BCUT2D eigenvalue weighted by atomic mass is 9.96. The number of aliphatic imine (C=N–C) groups is 1. The molecule has 4 nitrogen and oxygen atoms in total. The molecular weight excluding hydrogens is 325 g/mol. The van der Waals surface area contributed by atoms with Crippen molar-refractivity contribution in [3.8, 4) is 0 Å². The first-order chi connectivity index (χ1) is 11.2. The Morgan fingerprint density at radius 2 is 2.00 bits per heavy atom. The Labute approximate surface area is 144 Å². The number of rotatable bonds is 8. The van der Waals surface area contributed by atoms with Gasteiger partial charge in [-0.1, -0.05) is 55.8 Å². The van der Waals surface area contributed by atoms with Crippen molar-refractivity contribution in [2.24, 2.45) is 4.99 Å². The molecule has 6 heteroatoms. The van der Waals surface area contributed by atoms with Gasteiger partial charge in [-0.05, 0) is 38.4 Å². The quantitative estimate of drug-likeness (QED) is 0.383. The lowest BCUT2D eigenvalue weighted by Crippen LogP contribution is -2.35. The fourth-order valence-electron chi connectivity index (χ4n) is 2.82. The first-order valence-electron chi connectivity index (χ1n) is 8.51. The van der Waals surface area contributed by atoms with E-state index in [0.29, 0.717) is 6.04 Å². The number of benzene rings is 1. The summed E-state index contributed by atoms with van der Waals surface area (Å²) in [4.78, 5) is 4.58. The molecule has 1 saturated carbocycles. The third kappa shape index (κ3) is 5.37. The van der Waals surface area contributed by atoms with Gasteiger partial charge in [-0.2, -0.15) is 0 Å². The Morgan fingerprint density at radius 3 is 2.61 bits per heavy atom. The molecule has 1 aliphatic rings. The average Bonchev–Trinajstić information content (AvgIpc) is 2.62. The summed E-state index contributed by atoms with van der Waals surface area (Å²) in [6.07, 6.45) is 8.73. The fraction of sp³-hybridized carbons (Fsp3) is 0.588. The maximum absolute atomic E-state index is 13.4. The van der Waals surface area contributed by atoms with Crippen molar-refractivity contribution in [3.63, 3.8) is 0 Å². The molecule has 1 aliphatic carbocycles. The number of hydrogen-bond acceptors (Lipinski definition) is 3. The summed E-state index contributed by atoms with van der Waals surface area (Å²) in [5.74, 6) is 0.889. The normalized spacial score (nSPS) is 18.9. The summed E-state index contributed by atoms with van der Waals surface area (Å²) >= 11 is 1.54. The SMILES string of the molecule is CCCSP(=O)(NC)N(C=Nc1ccccc1)C1CCCCC1. The van der Waals surface area contributed by atoms with E-state index in [1.165, 1.54) is 30.6 Å². The standard InChI is InChI=1S/C17H28N3OPS/c1-3-14-23-22(21,18-2)20(17-12-8-5-9-13-17)15-19-16-10-6-4-7-11-16/h4,6-7,10-11,15,17H,3,5,8-9,12-14H2,1-2H3,(H,18,21). The predicted molar refractivity (Wildman–Crippen MR) is 103 cm³/mol. The van der Waals surface area contributed by atoms with E-state index < -0.39 is 6.65 Å². The van der Waals surface area contributed by atoms with E-state index in [9.17, 15) is 4.57 Å². The van der Waals surface area contributed by atoms with Gasteiger partial charge in [0.1, 0.15) is 0 Å². The zero-order valence-electron chi connectivity index (χ0n) is 14.1. The van der Waals surface area contributed by atoms with Crippen molar-refractivity contribution in [2.75, 3.05) is 12.8 Å². The maximum Gasteiger partial charge on any atom is 0.293 e. The van der Waals surface area contributed by atoms with E-state index in [4.69, 9.17) is 0 Å². The van der Waals surface area contributed by atoms with Crippen molar-refractivity contribution in [1.29, 1.82) is 0 Å². The average molecular weight is 353 g/mol. The van der Waals surface area contributed by atoms with Crippen LogP contribution in [0.4, 0.5) is 5.69 Å². The smallest absolute Gasteiger partial charge is 0.290 e. The second-order valence-corrected chi connectivity index (χ2v) is 10.7. The molecule has 0 aromatic heterocycles. The van der Waals surface area contributed by atoms with Crippen LogP contribution in [0, 0.1) is 0 Å². The molecule has 0 saturated heterocycles. The van der Waals surface area contributed by atoms with E-state index in [0.717, 1.165) is 30.7 Å². The van der Waals surface area contributed by atoms with Crippen molar-refractivity contribution < 1.29 is 4.57 Å². The molecule has 0 aliphatic heterocycles. The minimum Gasteiger partial charge on any atom is -0.290 e. The highest BCUT2D eigenvalue weighted by Gasteiger charge is 2.33. The van der Waals surface area contributed by atoms with Crippen LogP contribution in [0.25, 0.3) is 0 Å². The van der Waals surface area contributed by atoms with Crippen LogP contribution < -0.4 is 5.09 Å². The molecule has 1 atom stereocenters. The van der Waals surface area contributed by atoms with Gasteiger partial charge in [0.2, 0.25) is 0 Å². The van der Waals surface area contributed by atoms with Crippen LogP contribution in [0.3, 0.4) is 0 Å². The van der Waals surface area contributed by atoms with Crippen molar-refractivity contribution in [2.45, 2.75) is 51.5 Å². The zero-order chi connectivity index (χ0) is 16.5. The maximum atomic E-state index is 13.4. The summed E-state index contributed by atoms with van der Waals surface area (Å²) in [5, 5.41) is 3.10. The van der Waals surface area contributed by atoms with E-state index >= 15 is 0 Å². The van der Waals surface area contributed by atoms with Gasteiger partial charge in [0.15, 0.2) is 0 Å². The van der Waals surface area contributed by atoms with Crippen LogP contribution in [0.15, 0.2) is 35.3 Å². The molecule has 1 aromatic rings. The van der Waals surface area contributed by atoms with E-state index in [-0.39, 0.29) is 0 Å². The molecule has 1 aromatic carbocycles. The third-order valence-electron chi connectivity index (χ3n) is 4.09. The Kier molecular flexibility index (Phi) is 7.68. The third-order valence-corrected chi connectivity index (χ3v) is 9.34. The van der Waals surface area contributed by atoms with Crippen molar-refractivity contribution in [3.05, 3.63) is 30.3 Å². The molecule has 0 radical (unpaired) electrons. The topological polar surface area (TPSA) is 44.7 Å². The summed E-state index contributed by atoms with van der Waals surface area (Å²) < 4.78 is 15.5. The Hall–Kier alpha value is -0.770. The monoisotopic (exact) mass is 353 g/mol. The lowest BCUT2D eigenvalue weighted by Gasteiger charge is -2.37. The van der Waals surface area contributed by atoms with Gasteiger partial charge in [0.05, 0.1) is 12.0 Å². The molecule has 1 fully saturated rings. The predicted octanol–water partition coefficient (Wildman–Crippen LogP) is 5.45. The van der Waals surface area contributed by atoms with E-state index in [1.807, 2.05) is 41.3 Å². The molecule has 0 amide bonds. The number of nitrogens with zero attached hydrogens (tertiary/aromatic N) is 2. The van der Waals surface area contributed by atoms with Gasteiger partial charge in [-0.3, -0.25) is 9.24 Å². The van der Waals surface area contributed by atoms with Gasteiger partial charge in [0, 0.05) is 11.8 Å². The van der Waals surface area contributed by atoms with Crippen LogP contribution in [-0.2, 0) is 4.57 Å². The molecule has 128 valence electrons. The Bertz CT molecular complexity index is 532. The molecule has 2 rings (SSSR count). The second-order valence-electron chi connectivity index (χ2n) is 5.83. The highest BCUT2D eigenvalue weighted by Crippen LogP contribution is 2.59. The first kappa shape index (κ1) is 18.6. The van der Waals surface area contributed by atoms with Gasteiger partial charge in [0.25, 0.3) is 6.65 Å². The van der Waals surface area contributed by atoms with Crippen LogP contribution in [-0.4, -0.2) is 29.9 Å². The van der Waals surface area contributed by atoms with Gasteiger partial charge < -0.3 is 0 Å². The van der Waals surface area contributed by atoms with Crippen LogP contribution >= 0.6 is 18.0 Å². The zero-order valence-corrected chi connectivity index (χ0v) is 15.9. The number of hydrogen-bond donors (Lipinski definition) is 1. The van der Waals surface area contributed by atoms with Crippen LogP contribution in [0.1, 0.15) is 45.4 Å². The second kappa shape index (κ2) is 9.51. The molecule has 23 heavy (non-hydrogen) atoms. The van der Waals surface area contributed by atoms with Crippen LogP contribution in [0.5, 0.6) is 0 Å². The minimum absolute atomic E-state index is 0.318. The largest absolute Gasteiger partial charge is 0.293 e. The molecule has 0 heterocycles. The summed E-state index contributed by atoms with van der Waals surface area (Å²) in [7, 11) is 1.80. The van der Waals surface area contributed by atoms with Crippen molar-refractivity contribution in [1.82, 2.24) is 9.76 Å². The van der Waals surface area contributed by atoms with E-state index in [2.05, 4.69) is 17.0 Å².